The fourth-order valence-corrected chi connectivity index (χ4v) is 2.54. The van der Waals surface area contributed by atoms with Crippen LogP contribution in [0.2, 0.25) is 0 Å². The molecule has 2 heterocycles. The zero-order chi connectivity index (χ0) is 13.1. The maximum absolute atomic E-state index is 12.1. The number of hydrogen-bond donors (Lipinski definition) is 0. The van der Waals surface area contributed by atoms with Gasteiger partial charge < -0.3 is 0 Å². The molecule has 0 fully saturated rings. The lowest BCUT2D eigenvalue weighted by molar-refractivity contribution is 0.0993. The Morgan fingerprint density at radius 3 is 2.79 bits per heavy atom. The van der Waals surface area contributed by atoms with Crippen molar-refractivity contribution in [3.05, 3.63) is 70.7 Å². The zero-order valence-corrected chi connectivity index (χ0v) is 11.0. The number of thiophene rings is 1. The first-order chi connectivity index (χ1) is 9.33. The Hall–Kier alpha value is -2.20. The second-order valence-electron chi connectivity index (χ2n) is 4.24. The molecule has 0 aliphatic carbocycles. The predicted octanol–water partition coefficient (Wildman–Crippen LogP) is 3.36. The van der Waals surface area contributed by atoms with E-state index in [2.05, 4.69) is 5.10 Å². The summed E-state index contributed by atoms with van der Waals surface area (Å²) >= 11 is 1.61. The number of aromatic nitrogens is 2. The summed E-state index contributed by atoms with van der Waals surface area (Å²) in [5.41, 5.74) is 2.66. The summed E-state index contributed by atoms with van der Waals surface area (Å²) in [6, 6.07) is 11.7. The summed E-state index contributed by atoms with van der Waals surface area (Å²) < 4.78 is 1.72. The van der Waals surface area contributed by atoms with Crippen molar-refractivity contribution in [1.29, 1.82) is 0 Å². The monoisotopic (exact) mass is 268 g/mol. The molecule has 0 aliphatic heterocycles. The van der Waals surface area contributed by atoms with E-state index >= 15 is 0 Å². The van der Waals surface area contributed by atoms with E-state index in [-0.39, 0.29) is 5.78 Å². The van der Waals surface area contributed by atoms with Crippen molar-refractivity contribution in [2.45, 2.75) is 6.42 Å². The molecule has 0 bridgehead atoms. The quantitative estimate of drug-likeness (QED) is 0.680. The van der Waals surface area contributed by atoms with Crippen LogP contribution in [0, 0.1) is 0 Å². The van der Waals surface area contributed by atoms with Crippen LogP contribution in [0.1, 0.15) is 15.9 Å². The Kier molecular flexibility index (Phi) is 3.25. The SMILES string of the molecule is O=C(Cc1ccsc1)c1cnn(-c2ccccc2)c1. The van der Waals surface area contributed by atoms with Gasteiger partial charge in [-0.05, 0) is 34.5 Å². The molecule has 3 aromatic rings. The van der Waals surface area contributed by atoms with E-state index in [0.717, 1.165) is 11.3 Å². The maximum atomic E-state index is 12.1. The minimum Gasteiger partial charge on any atom is -0.294 e. The van der Waals surface area contributed by atoms with Gasteiger partial charge in [0.05, 0.1) is 17.4 Å². The number of Topliss-reactive ketones (excluding diaryl/α,β-unsaturated/α-hetero) is 1. The van der Waals surface area contributed by atoms with E-state index < -0.39 is 0 Å². The fraction of sp³-hybridized carbons (Fsp3) is 0.0667. The molecule has 0 saturated heterocycles. The normalized spacial score (nSPS) is 10.5. The molecule has 0 atom stereocenters. The number of rotatable bonds is 4. The van der Waals surface area contributed by atoms with Crippen molar-refractivity contribution < 1.29 is 4.79 Å². The summed E-state index contributed by atoms with van der Waals surface area (Å²) in [5, 5.41) is 8.22. The van der Waals surface area contributed by atoms with Gasteiger partial charge in [0.15, 0.2) is 5.78 Å². The third-order valence-corrected chi connectivity index (χ3v) is 3.60. The molecular weight excluding hydrogens is 256 g/mol. The first kappa shape index (κ1) is 11.9. The molecule has 2 aromatic heterocycles. The van der Waals surface area contributed by atoms with Gasteiger partial charge in [0.25, 0.3) is 0 Å². The van der Waals surface area contributed by atoms with E-state index in [0.29, 0.717) is 12.0 Å². The highest BCUT2D eigenvalue weighted by atomic mass is 32.1. The van der Waals surface area contributed by atoms with Gasteiger partial charge in [0.2, 0.25) is 0 Å². The largest absolute Gasteiger partial charge is 0.294 e. The van der Waals surface area contributed by atoms with Crippen LogP contribution >= 0.6 is 11.3 Å². The van der Waals surface area contributed by atoms with Gasteiger partial charge in [0.1, 0.15) is 0 Å². The van der Waals surface area contributed by atoms with Gasteiger partial charge >= 0.3 is 0 Å². The number of hydrogen-bond acceptors (Lipinski definition) is 3. The Morgan fingerprint density at radius 2 is 2.05 bits per heavy atom. The minimum absolute atomic E-state index is 0.0978. The van der Waals surface area contributed by atoms with Gasteiger partial charge in [0, 0.05) is 12.6 Å². The number of ketones is 1. The minimum atomic E-state index is 0.0978. The third kappa shape index (κ3) is 2.63. The second-order valence-corrected chi connectivity index (χ2v) is 5.02. The van der Waals surface area contributed by atoms with Crippen LogP contribution in [0.25, 0.3) is 5.69 Å². The van der Waals surface area contributed by atoms with Crippen molar-refractivity contribution in [2.75, 3.05) is 0 Å². The molecule has 19 heavy (non-hydrogen) atoms. The lowest BCUT2D eigenvalue weighted by Crippen LogP contribution is -2.01. The Labute approximate surface area is 115 Å². The van der Waals surface area contributed by atoms with Crippen LogP contribution in [-0.4, -0.2) is 15.6 Å². The fourth-order valence-electron chi connectivity index (χ4n) is 1.87. The van der Waals surface area contributed by atoms with Gasteiger partial charge in [-0.1, -0.05) is 18.2 Å². The number of nitrogens with zero attached hydrogens (tertiary/aromatic N) is 2. The number of carbonyl (C=O) groups is 1. The van der Waals surface area contributed by atoms with Gasteiger partial charge in [-0.15, -0.1) is 0 Å². The van der Waals surface area contributed by atoms with Crippen LogP contribution in [0.5, 0.6) is 0 Å². The Balaban J connectivity index is 1.80. The molecule has 1 aromatic carbocycles. The second kappa shape index (κ2) is 5.20. The highest BCUT2D eigenvalue weighted by molar-refractivity contribution is 7.08. The Bertz CT molecular complexity index is 671. The molecule has 0 saturated carbocycles. The van der Waals surface area contributed by atoms with Gasteiger partial charge in [-0.2, -0.15) is 16.4 Å². The van der Waals surface area contributed by atoms with Crippen LogP contribution < -0.4 is 0 Å². The lowest BCUT2D eigenvalue weighted by atomic mass is 10.1. The molecule has 0 N–H and O–H groups in total. The maximum Gasteiger partial charge on any atom is 0.170 e. The molecule has 0 radical (unpaired) electrons. The first-order valence-corrected chi connectivity index (χ1v) is 6.91. The van der Waals surface area contributed by atoms with Crippen molar-refractivity contribution in [2.24, 2.45) is 0 Å². The zero-order valence-electron chi connectivity index (χ0n) is 10.2. The van der Waals surface area contributed by atoms with Crippen molar-refractivity contribution in [1.82, 2.24) is 9.78 Å². The van der Waals surface area contributed by atoms with Crippen LogP contribution in [0.4, 0.5) is 0 Å². The number of carbonyl (C=O) groups excluding carboxylic acids is 1. The van der Waals surface area contributed by atoms with Crippen LogP contribution in [-0.2, 0) is 6.42 Å². The summed E-state index contributed by atoms with van der Waals surface area (Å²) in [5.74, 6) is 0.0978. The molecule has 0 amide bonds. The molecule has 0 spiro atoms. The summed E-state index contributed by atoms with van der Waals surface area (Å²) in [4.78, 5) is 12.1. The molecule has 3 rings (SSSR count). The molecule has 4 heteroatoms. The lowest BCUT2D eigenvalue weighted by Gasteiger charge is -1.99. The average molecular weight is 268 g/mol. The van der Waals surface area contributed by atoms with E-state index in [1.807, 2.05) is 47.2 Å². The molecular formula is C15H12N2OS. The van der Waals surface area contributed by atoms with Gasteiger partial charge in [-0.25, -0.2) is 4.68 Å². The molecule has 3 nitrogen and oxygen atoms in total. The van der Waals surface area contributed by atoms with Crippen LogP contribution in [0.3, 0.4) is 0 Å². The van der Waals surface area contributed by atoms with Crippen molar-refractivity contribution in [3.8, 4) is 5.69 Å². The first-order valence-electron chi connectivity index (χ1n) is 5.97. The van der Waals surface area contributed by atoms with E-state index in [1.54, 1.807) is 28.4 Å². The topological polar surface area (TPSA) is 34.9 Å². The summed E-state index contributed by atoms with van der Waals surface area (Å²) in [6.45, 7) is 0. The standard InChI is InChI=1S/C15H12N2OS/c18-15(8-12-6-7-19-11-12)13-9-16-17(10-13)14-4-2-1-3-5-14/h1-7,9-11H,8H2. The number of para-hydroxylation sites is 1. The average Bonchev–Trinajstić information content (AvgIpc) is 3.10. The van der Waals surface area contributed by atoms with E-state index in [4.69, 9.17) is 0 Å². The molecule has 0 aliphatic rings. The highest BCUT2D eigenvalue weighted by Gasteiger charge is 2.10. The highest BCUT2D eigenvalue weighted by Crippen LogP contribution is 2.12. The van der Waals surface area contributed by atoms with Gasteiger partial charge in [-0.3, -0.25) is 4.79 Å². The van der Waals surface area contributed by atoms with Crippen molar-refractivity contribution >= 4 is 17.1 Å². The smallest absolute Gasteiger partial charge is 0.170 e. The Morgan fingerprint density at radius 1 is 1.21 bits per heavy atom. The van der Waals surface area contributed by atoms with Crippen LogP contribution in [0.15, 0.2) is 59.6 Å². The van der Waals surface area contributed by atoms with Crippen molar-refractivity contribution in [3.63, 3.8) is 0 Å². The van der Waals surface area contributed by atoms with E-state index in [1.165, 1.54) is 0 Å². The molecule has 94 valence electrons. The predicted molar refractivity (Wildman–Crippen MR) is 75.9 cm³/mol. The summed E-state index contributed by atoms with van der Waals surface area (Å²) in [7, 11) is 0. The third-order valence-electron chi connectivity index (χ3n) is 2.87. The van der Waals surface area contributed by atoms with E-state index in [9.17, 15) is 4.79 Å². The molecule has 0 unspecified atom stereocenters. The summed E-state index contributed by atoms with van der Waals surface area (Å²) in [6.07, 6.45) is 3.84. The number of benzene rings is 1.